The number of piperazine rings is 1. The number of nitrogens with zero attached hydrogens (tertiary/aromatic N) is 2. The van der Waals surface area contributed by atoms with Crippen molar-refractivity contribution in [1.29, 1.82) is 0 Å². The molecule has 2 fully saturated rings. The molecule has 4 nitrogen and oxygen atoms in total. The van der Waals surface area contributed by atoms with Crippen LogP contribution in [0.4, 0.5) is 0 Å². The Kier molecular flexibility index (Phi) is 2.02. The van der Waals surface area contributed by atoms with E-state index in [0.717, 1.165) is 19.6 Å². The first-order valence-corrected chi connectivity index (χ1v) is 4.33. The Hall–Kier alpha value is -0.610. The third-order valence-electron chi connectivity index (χ3n) is 2.54. The molecule has 0 aromatic rings. The molecule has 2 rings (SSSR count). The molecule has 0 saturated carbocycles. The number of likely N-dealkylation sites (N-methyl/N-ethyl adjacent to an activating group) is 1. The maximum Gasteiger partial charge on any atom is 0.248 e. The fourth-order valence-corrected chi connectivity index (χ4v) is 1.85. The molecule has 0 radical (unpaired) electrons. The number of hydrogen-bond acceptors (Lipinski definition) is 3. The van der Waals surface area contributed by atoms with Crippen molar-refractivity contribution in [2.24, 2.45) is 0 Å². The van der Waals surface area contributed by atoms with Gasteiger partial charge in [-0.05, 0) is 7.05 Å². The van der Waals surface area contributed by atoms with Gasteiger partial charge in [-0.1, -0.05) is 0 Å². The highest BCUT2D eigenvalue weighted by Gasteiger charge is 2.32. The van der Waals surface area contributed by atoms with Crippen molar-refractivity contribution in [2.75, 3.05) is 39.9 Å². The van der Waals surface area contributed by atoms with E-state index < -0.39 is 0 Å². The minimum absolute atomic E-state index is 0.152. The lowest BCUT2D eigenvalue weighted by molar-refractivity contribution is -0.151. The maximum atomic E-state index is 11.3. The molecule has 2 saturated heterocycles. The van der Waals surface area contributed by atoms with Gasteiger partial charge in [-0.3, -0.25) is 4.79 Å². The normalized spacial score (nSPS) is 31.9. The van der Waals surface area contributed by atoms with E-state index in [0.29, 0.717) is 12.6 Å². The van der Waals surface area contributed by atoms with E-state index in [4.69, 9.17) is 4.74 Å². The fraction of sp³-hybridized carbons (Fsp3) is 0.875. The Morgan fingerprint density at radius 2 is 2.33 bits per heavy atom. The predicted octanol–water partition coefficient (Wildman–Crippen LogP) is -0.841. The Labute approximate surface area is 72.1 Å². The lowest BCUT2D eigenvalue weighted by atomic mass is 10.1. The van der Waals surface area contributed by atoms with Gasteiger partial charge in [0.2, 0.25) is 5.91 Å². The average Bonchev–Trinajstić information content (AvgIpc) is 2.04. The number of morpholine rings is 1. The van der Waals surface area contributed by atoms with Crippen LogP contribution in [-0.4, -0.2) is 61.6 Å². The Bertz CT molecular complexity index is 195. The van der Waals surface area contributed by atoms with E-state index in [-0.39, 0.29) is 12.5 Å². The van der Waals surface area contributed by atoms with Crippen molar-refractivity contribution in [3.8, 4) is 0 Å². The number of carbonyl (C=O) groups is 1. The zero-order chi connectivity index (χ0) is 8.55. The van der Waals surface area contributed by atoms with Crippen molar-refractivity contribution in [1.82, 2.24) is 9.80 Å². The summed E-state index contributed by atoms with van der Waals surface area (Å²) < 4.78 is 5.18. The van der Waals surface area contributed by atoms with Crippen LogP contribution in [0.2, 0.25) is 0 Å². The minimum atomic E-state index is 0.152. The molecule has 0 aromatic carbocycles. The van der Waals surface area contributed by atoms with E-state index >= 15 is 0 Å². The van der Waals surface area contributed by atoms with Gasteiger partial charge in [-0.15, -0.1) is 0 Å². The third-order valence-corrected chi connectivity index (χ3v) is 2.54. The molecule has 1 atom stereocenters. The molecule has 1 amide bonds. The molecule has 0 spiro atoms. The quantitative estimate of drug-likeness (QED) is 0.475. The second-order valence-electron chi connectivity index (χ2n) is 3.52. The van der Waals surface area contributed by atoms with Crippen molar-refractivity contribution < 1.29 is 9.53 Å². The average molecular weight is 170 g/mol. The van der Waals surface area contributed by atoms with Crippen molar-refractivity contribution >= 4 is 5.91 Å². The third kappa shape index (κ3) is 1.32. The van der Waals surface area contributed by atoms with Crippen LogP contribution in [-0.2, 0) is 9.53 Å². The molecule has 2 aliphatic rings. The highest BCUT2D eigenvalue weighted by molar-refractivity contribution is 5.78. The molecule has 0 aromatic heterocycles. The van der Waals surface area contributed by atoms with E-state index in [2.05, 4.69) is 11.9 Å². The number of rotatable bonds is 0. The van der Waals surface area contributed by atoms with Gasteiger partial charge in [0.1, 0.15) is 6.61 Å². The summed E-state index contributed by atoms with van der Waals surface area (Å²) in [7, 11) is 2.08. The summed E-state index contributed by atoms with van der Waals surface area (Å²) in [6, 6.07) is 0.296. The van der Waals surface area contributed by atoms with E-state index in [1.54, 1.807) is 0 Å². The Morgan fingerprint density at radius 1 is 1.50 bits per heavy atom. The van der Waals surface area contributed by atoms with Gasteiger partial charge < -0.3 is 14.5 Å². The standard InChI is InChI=1S/C8H14N2O2/c1-9-2-3-10-7(4-9)5-12-6-8(10)11/h7H,2-6H2,1H3/t7-/m0/s1. The van der Waals surface area contributed by atoms with Crippen LogP contribution < -0.4 is 0 Å². The topological polar surface area (TPSA) is 32.8 Å². The van der Waals surface area contributed by atoms with Crippen LogP contribution in [0.1, 0.15) is 0 Å². The lowest BCUT2D eigenvalue weighted by Gasteiger charge is -2.42. The minimum Gasteiger partial charge on any atom is -0.369 e. The monoisotopic (exact) mass is 170 g/mol. The smallest absolute Gasteiger partial charge is 0.248 e. The second kappa shape index (κ2) is 3.03. The molecule has 12 heavy (non-hydrogen) atoms. The summed E-state index contributed by atoms with van der Waals surface area (Å²) in [5, 5.41) is 0. The molecule has 0 aliphatic carbocycles. The summed E-state index contributed by atoms with van der Waals surface area (Å²) in [5.41, 5.74) is 0. The predicted molar refractivity (Wildman–Crippen MR) is 43.8 cm³/mol. The SMILES string of the molecule is CN1CCN2C(=O)COC[C@@H]2C1. The molecule has 4 heteroatoms. The van der Waals surface area contributed by atoms with Crippen LogP contribution in [0.3, 0.4) is 0 Å². The number of ether oxygens (including phenoxy) is 1. The maximum absolute atomic E-state index is 11.3. The van der Waals surface area contributed by atoms with Gasteiger partial charge in [-0.25, -0.2) is 0 Å². The van der Waals surface area contributed by atoms with Crippen molar-refractivity contribution in [3.05, 3.63) is 0 Å². The van der Waals surface area contributed by atoms with Gasteiger partial charge in [-0.2, -0.15) is 0 Å². The first-order chi connectivity index (χ1) is 5.77. The Morgan fingerprint density at radius 3 is 3.17 bits per heavy atom. The first kappa shape index (κ1) is 8.01. The molecule has 68 valence electrons. The first-order valence-electron chi connectivity index (χ1n) is 4.33. The molecule has 2 aliphatic heterocycles. The van der Waals surface area contributed by atoms with Crippen LogP contribution >= 0.6 is 0 Å². The highest BCUT2D eigenvalue weighted by atomic mass is 16.5. The fourth-order valence-electron chi connectivity index (χ4n) is 1.85. The van der Waals surface area contributed by atoms with Crippen LogP contribution in [0.25, 0.3) is 0 Å². The summed E-state index contributed by atoms with van der Waals surface area (Å²) in [4.78, 5) is 15.5. The molecule has 0 N–H and O–H groups in total. The number of amides is 1. The molecular formula is C8H14N2O2. The number of carbonyl (C=O) groups excluding carboxylic acids is 1. The van der Waals surface area contributed by atoms with E-state index in [9.17, 15) is 4.79 Å². The molecule has 0 unspecified atom stereocenters. The largest absolute Gasteiger partial charge is 0.369 e. The summed E-state index contributed by atoms with van der Waals surface area (Å²) in [5.74, 6) is 0.152. The Balaban J connectivity index is 2.04. The molecule has 2 heterocycles. The number of fused-ring (bicyclic) bond motifs is 1. The van der Waals surface area contributed by atoms with Crippen molar-refractivity contribution in [3.63, 3.8) is 0 Å². The van der Waals surface area contributed by atoms with Crippen LogP contribution in [0.5, 0.6) is 0 Å². The second-order valence-corrected chi connectivity index (χ2v) is 3.52. The van der Waals surface area contributed by atoms with E-state index in [1.807, 2.05) is 4.90 Å². The molecular weight excluding hydrogens is 156 g/mol. The van der Waals surface area contributed by atoms with Crippen LogP contribution in [0.15, 0.2) is 0 Å². The van der Waals surface area contributed by atoms with Crippen LogP contribution in [0, 0.1) is 0 Å². The van der Waals surface area contributed by atoms with Gasteiger partial charge in [0.15, 0.2) is 0 Å². The van der Waals surface area contributed by atoms with E-state index in [1.165, 1.54) is 0 Å². The summed E-state index contributed by atoms with van der Waals surface area (Å²) >= 11 is 0. The zero-order valence-corrected chi connectivity index (χ0v) is 7.32. The van der Waals surface area contributed by atoms with Gasteiger partial charge in [0.05, 0.1) is 12.6 Å². The van der Waals surface area contributed by atoms with Crippen molar-refractivity contribution in [2.45, 2.75) is 6.04 Å². The van der Waals surface area contributed by atoms with Gasteiger partial charge >= 0.3 is 0 Å². The van der Waals surface area contributed by atoms with Gasteiger partial charge in [0.25, 0.3) is 0 Å². The lowest BCUT2D eigenvalue weighted by Crippen LogP contribution is -2.59. The summed E-state index contributed by atoms with van der Waals surface area (Å²) in [6.45, 7) is 3.79. The molecule has 0 bridgehead atoms. The zero-order valence-electron chi connectivity index (χ0n) is 7.32. The number of hydrogen-bond donors (Lipinski definition) is 0. The van der Waals surface area contributed by atoms with Gasteiger partial charge in [0, 0.05) is 19.6 Å². The summed E-state index contributed by atoms with van der Waals surface area (Å²) in [6.07, 6.45) is 0. The highest BCUT2D eigenvalue weighted by Crippen LogP contribution is 2.12.